The number of benzene rings is 1. The van der Waals surface area contributed by atoms with Crippen LogP contribution in [0.15, 0.2) is 24.3 Å². The molecule has 0 spiro atoms. The fourth-order valence-corrected chi connectivity index (χ4v) is 3.85. The van der Waals surface area contributed by atoms with E-state index in [0.717, 1.165) is 24.0 Å². The van der Waals surface area contributed by atoms with Gasteiger partial charge in [-0.1, -0.05) is 24.3 Å². The highest BCUT2D eigenvalue weighted by Crippen LogP contribution is 2.35. The lowest BCUT2D eigenvalue weighted by molar-refractivity contribution is 0.430. The maximum absolute atomic E-state index is 12.0. The minimum Gasteiger partial charge on any atom is -0.212 e. The first kappa shape index (κ1) is 9.36. The molecule has 0 radical (unpaired) electrons. The Labute approximate surface area is 89.8 Å². The summed E-state index contributed by atoms with van der Waals surface area (Å²) >= 11 is 0. The van der Waals surface area contributed by atoms with Crippen molar-refractivity contribution in [3.05, 3.63) is 35.4 Å². The number of rotatable bonds is 2. The van der Waals surface area contributed by atoms with Gasteiger partial charge in [0, 0.05) is 13.1 Å². The molecule has 80 valence electrons. The van der Waals surface area contributed by atoms with Crippen molar-refractivity contribution in [2.75, 3.05) is 0 Å². The zero-order chi connectivity index (χ0) is 10.5. The number of hydrogen-bond acceptors (Lipinski definition) is 2. The average Bonchev–Trinajstić information content (AvgIpc) is 2.97. The highest BCUT2D eigenvalue weighted by Gasteiger charge is 2.41. The Morgan fingerprint density at radius 3 is 2.07 bits per heavy atom. The predicted octanol–water partition coefficient (Wildman–Crippen LogP) is 1.49. The van der Waals surface area contributed by atoms with Crippen LogP contribution < -0.4 is 0 Å². The third-order valence-corrected chi connectivity index (χ3v) is 5.41. The molecule has 15 heavy (non-hydrogen) atoms. The quantitative estimate of drug-likeness (QED) is 0.762. The van der Waals surface area contributed by atoms with Gasteiger partial charge < -0.3 is 0 Å². The number of nitrogens with zero attached hydrogens (tertiary/aromatic N) is 1. The number of fused-ring (bicyclic) bond motifs is 1. The average molecular weight is 223 g/mol. The van der Waals surface area contributed by atoms with Crippen LogP contribution in [0.1, 0.15) is 24.0 Å². The van der Waals surface area contributed by atoms with Crippen molar-refractivity contribution in [2.24, 2.45) is 0 Å². The van der Waals surface area contributed by atoms with Gasteiger partial charge >= 0.3 is 0 Å². The Bertz CT molecular complexity index is 466. The van der Waals surface area contributed by atoms with Crippen molar-refractivity contribution in [1.82, 2.24) is 4.31 Å². The second-order valence-corrected chi connectivity index (χ2v) is 6.49. The molecule has 0 aromatic heterocycles. The van der Waals surface area contributed by atoms with E-state index in [4.69, 9.17) is 0 Å². The summed E-state index contributed by atoms with van der Waals surface area (Å²) in [7, 11) is -3.00. The Balaban J connectivity index is 1.90. The highest BCUT2D eigenvalue weighted by molar-refractivity contribution is 7.90. The van der Waals surface area contributed by atoms with Crippen molar-refractivity contribution < 1.29 is 8.42 Å². The molecule has 0 amide bonds. The van der Waals surface area contributed by atoms with Gasteiger partial charge in [-0.3, -0.25) is 0 Å². The van der Waals surface area contributed by atoms with Gasteiger partial charge in [-0.15, -0.1) is 0 Å². The van der Waals surface area contributed by atoms with Crippen LogP contribution in [0.3, 0.4) is 0 Å². The Morgan fingerprint density at radius 2 is 1.60 bits per heavy atom. The van der Waals surface area contributed by atoms with Gasteiger partial charge in [-0.2, -0.15) is 4.31 Å². The Morgan fingerprint density at radius 1 is 1.07 bits per heavy atom. The first-order chi connectivity index (χ1) is 7.18. The van der Waals surface area contributed by atoms with Crippen LogP contribution in [0.2, 0.25) is 0 Å². The van der Waals surface area contributed by atoms with Gasteiger partial charge in [-0.25, -0.2) is 8.42 Å². The second-order valence-electron chi connectivity index (χ2n) is 4.28. The minimum atomic E-state index is -3.00. The Hall–Kier alpha value is -0.870. The van der Waals surface area contributed by atoms with Gasteiger partial charge in [0.05, 0.1) is 5.25 Å². The number of sulfonamides is 1. The van der Waals surface area contributed by atoms with Crippen LogP contribution >= 0.6 is 0 Å². The van der Waals surface area contributed by atoms with E-state index in [0.29, 0.717) is 13.1 Å². The monoisotopic (exact) mass is 223 g/mol. The molecule has 1 aliphatic heterocycles. The fraction of sp³-hybridized carbons (Fsp3) is 0.455. The van der Waals surface area contributed by atoms with E-state index in [1.165, 1.54) is 0 Å². The number of hydrogen-bond donors (Lipinski definition) is 0. The third-order valence-electron chi connectivity index (χ3n) is 3.12. The van der Waals surface area contributed by atoms with E-state index < -0.39 is 10.0 Å². The molecule has 3 nitrogen and oxygen atoms in total. The summed E-state index contributed by atoms with van der Waals surface area (Å²) in [6.07, 6.45) is 1.68. The SMILES string of the molecule is O=S(=O)(C1CC1)N1Cc2ccccc2C1. The van der Waals surface area contributed by atoms with Crippen LogP contribution in [-0.2, 0) is 23.1 Å². The largest absolute Gasteiger partial charge is 0.217 e. The second kappa shape index (κ2) is 3.06. The molecule has 1 aromatic rings. The molecule has 0 saturated heterocycles. The van der Waals surface area contributed by atoms with E-state index in [1.807, 2.05) is 24.3 Å². The van der Waals surface area contributed by atoms with Gasteiger partial charge in [0.25, 0.3) is 0 Å². The molecule has 1 heterocycles. The smallest absolute Gasteiger partial charge is 0.212 e. The van der Waals surface area contributed by atoms with E-state index in [2.05, 4.69) is 0 Å². The zero-order valence-corrected chi connectivity index (χ0v) is 9.20. The third kappa shape index (κ3) is 1.48. The van der Waals surface area contributed by atoms with Gasteiger partial charge in [-0.05, 0) is 24.0 Å². The molecule has 4 heteroatoms. The Kier molecular flexibility index (Phi) is 1.91. The topological polar surface area (TPSA) is 37.4 Å². The lowest BCUT2D eigenvalue weighted by Gasteiger charge is -2.14. The highest BCUT2D eigenvalue weighted by atomic mass is 32.2. The molecule has 0 N–H and O–H groups in total. The van der Waals surface area contributed by atoms with Crippen LogP contribution in [0.25, 0.3) is 0 Å². The minimum absolute atomic E-state index is 0.0909. The predicted molar refractivity (Wildman–Crippen MR) is 57.6 cm³/mol. The molecule has 1 aliphatic carbocycles. The lowest BCUT2D eigenvalue weighted by Crippen LogP contribution is -2.28. The molecular weight excluding hydrogens is 210 g/mol. The van der Waals surface area contributed by atoms with Gasteiger partial charge in [0.15, 0.2) is 0 Å². The van der Waals surface area contributed by atoms with Crippen molar-refractivity contribution in [3.8, 4) is 0 Å². The molecule has 1 aromatic carbocycles. The van der Waals surface area contributed by atoms with Crippen LogP contribution in [0.5, 0.6) is 0 Å². The van der Waals surface area contributed by atoms with Crippen molar-refractivity contribution in [1.29, 1.82) is 0 Å². The molecule has 0 atom stereocenters. The normalized spacial score (nSPS) is 21.6. The van der Waals surface area contributed by atoms with Crippen molar-refractivity contribution >= 4 is 10.0 Å². The summed E-state index contributed by atoms with van der Waals surface area (Å²) in [5, 5.41) is -0.0909. The lowest BCUT2D eigenvalue weighted by atomic mass is 10.1. The maximum atomic E-state index is 12.0. The maximum Gasteiger partial charge on any atom is 0.217 e. The summed E-state index contributed by atoms with van der Waals surface area (Å²) < 4.78 is 25.6. The first-order valence-corrected chi connectivity index (χ1v) is 6.74. The molecule has 0 bridgehead atoms. The molecule has 1 fully saturated rings. The molecule has 1 saturated carbocycles. The molecule has 3 rings (SSSR count). The summed E-state index contributed by atoms with van der Waals surface area (Å²) in [6, 6.07) is 7.95. The molecule has 2 aliphatic rings. The summed E-state index contributed by atoms with van der Waals surface area (Å²) in [5.74, 6) is 0. The first-order valence-electron chi connectivity index (χ1n) is 5.24. The van der Waals surface area contributed by atoms with Crippen LogP contribution in [0.4, 0.5) is 0 Å². The molecule has 0 unspecified atom stereocenters. The fourth-order valence-electron chi connectivity index (χ4n) is 2.06. The summed E-state index contributed by atoms with van der Waals surface area (Å²) in [6.45, 7) is 1.13. The van der Waals surface area contributed by atoms with Crippen LogP contribution in [0, 0.1) is 0 Å². The van der Waals surface area contributed by atoms with E-state index in [-0.39, 0.29) is 5.25 Å². The van der Waals surface area contributed by atoms with Crippen molar-refractivity contribution in [2.45, 2.75) is 31.2 Å². The van der Waals surface area contributed by atoms with Crippen molar-refractivity contribution in [3.63, 3.8) is 0 Å². The van der Waals surface area contributed by atoms with E-state index in [1.54, 1.807) is 4.31 Å². The summed E-state index contributed by atoms with van der Waals surface area (Å²) in [5.41, 5.74) is 2.31. The standard InChI is InChI=1S/C11H13NO2S/c13-15(14,11-5-6-11)12-7-9-3-1-2-4-10(9)8-12/h1-4,11H,5-8H2. The van der Waals surface area contributed by atoms with Crippen LogP contribution in [-0.4, -0.2) is 18.0 Å². The van der Waals surface area contributed by atoms with Gasteiger partial charge in [0.1, 0.15) is 0 Å². The zero-order valence-electron chi connectivity index (χ0n) is 8.39. The molecular formula is C11H13NO2S. The van der Waals surface area contributed by atoms with Gasteiger partial charge in [0.2, 0.25) is 10.0 Å². The van der Waals surface area contributed by atoms with E-state index >= 15 is 0 Å². The summed E-state index contributed by atoms with van der Waals surface area (Å²) in [4.78, 5) is 0. The van der Waals surface area contributed by atoms with E-state index in [9.17, 15) is 8.42 Å².